The standard InChI is InChI=1S/C19H24BrF3N6O2/c1-4-28-8-12(15(26-28)18(31)24-7-10(2)3)25-13(30)9-29-16(11-5-6-11)14(20)17(27-29)19(21,22)23/h8,10-11H,4-7,9H2,1-3H3,(H,24,31)(H,25,30). The molecule has 2 N–H and O–H groups in total. The van der Waals surface area contributed by atoms with E-state index in [0.717, 1.165) is 17.5 Å². The zero-order valence-corrected chi connectivity index (χ0v) is 19.0. The third-order valence-electron chi connectivity index (χ3n) is 4.70. The predicted octanol–water partition coefficient (Wildman–Crippen LogP) is 3.78. The van der Waals surface area contributed by atoms with Crippen molar-refractivity contribution in [3.63, 3.8) is 0 Å². The van der Waals surface area contributed by atoms with Crippen molar-refractivity contribution < 1.29 is 22.8 Å². The average molecular weight is 505 g/mol. The predicted molar refractivity (Wildman–Crippen MR) is 111 cm³/mol. The summed E-state index contributed by atoms with van der Waals surface area (Å²) in [6.45, 7) is 6.23. The van der Waals surface area contributed by atoms with Crippen molar-refractivity contribution in [1.82, 2.24) is 24.9 Å². The number of amides is 2. The van der Waals surface area contributed by atoms with Crippen LogP contribution in [-0.2, 0) is 24.1 Å². The number of anilines is 1. The first kappa shape index (κ1) is 23.3. The molecule has 0 radical (unpaired) electrons. The summed E-state index contributed by atoms with van der Waals surface area (Å²) in [6, 6.07) is 0. The lowest BCUT2D eigenvalue weighted by Gasteiger charge is -2.09. The molecule has 1 fully saturated rings. The third-order valence-corrected chi connectivity index (χ3v) is 5.49. The first-order valence-corrected chi connectivity index (χ1v) is 10.8. The fourth-order valence-electron chi connectivity index (χ4n) is 3.05. The van der Waals surface area contributed by atoms with E-state index in [4.69, 9.17) is 0 Å². The van der Waals surface area contributed by atoms with Crippen LogP contribution >= 0.6 is 15.9 Å². The van der Waals surface area contributed by atoms with E-state index in [0.29, 0.717) is 18.8 Å². The van der Waals surface area contributed by atoms with Crippen molar-refractivity contribution in [3.05, 3.63) is 27.8 Å². The summed E-state index contributed by atoms with van der Waals surface area (Å²) in [5.74, 6) is -0.863. The van der Waals surface area contributed by atoms with Crippen LogP contribution in [-0.4, -0.2) is 37.9 Å². The number of alkyl halides is 3. The molecule has 0 saturated heterocycles. The second-order valence-corrected chi connectivity index (χ2v) is 8.67. The summed E-state index contributed by atoms with van der Waals surface area (Å²) in [6.07, 6.45) is -1.63. The molecule has 31 heavy (non-hydrogen) atoms. The molecule has 2 amide bonds. The van der Waals surface area contributed by atoms with Gasteiger partial charge < -0.3 is 10.6 Å². The van der Waals surface area contributed by atoms with Crippen LogP contribution in [0.4, 0.5) is 18.9 Å². The van der Waals surface area contributed by atoms with Crippen LogP contribution in [0.5, 0.6) is 0 Å². The maximum absolute atomic E-state index is 13.3. The van der Waals surface area contributed by atoms with E-state index in [1.807, 2.05) is 20.8 Å². The van der Waals surface area contributed by atoms with Gasteiger partial charge in [-0.05, 0) is 41.6 Å². The molecule has 2 aromatic rings. The van der Waals surface area contributed by atoms with Gasteiger partial charge in [-0.1, -0.05) is 13.8 Å². The summed E-state index contributed by atoms with van der Waals surface area (Å²) in [4.78, 5) is 25.1. The molecule has 8 nitrogen and oxygen atoms in total. The first-order valence-electron chi connectivity index (χ1n) is 10.00. The van der Waals surface area contributed by atoms with Gasteiger partial charge in [-0.2, -0.15) is 23.4 Å². The van der Waals surface area contributed by atoms with Gasteiger partial charge >= 0.3 is 6.18 Å². The number of hydrogen-bond acceptors (Lipinski definition) is 4. The van der Waals surface area contributed by atoms with Gasteiger partial charge in [0.15, 0.2) is 11.4 Å². The molecule has 1 saturated carbocycles. The Bertz CT molecular complexity index is 978. The Morgan fingerprint density at radius 3 is 2.52 bits per heavy atom. The van der Waals surface area contributed by atoms with Crippen LogP contribution in [0.25, 0.3) is 0 Å². The van der Waals surface area contributed by atoms with Gasteiger partial charge in [-0.3, -0.25) is 19.0 Å². The number of nitrogens with one attached hydrogen (secondary N) is 2. The molecule has 3 rings (SSSR count). The second-order valence-electron chi connectivity index (χ2n) is 7.88. The zero-order valence-electron chi connectivity index (χ0n) is 17.4. The molecule has 0 unspecified atom stereocenters. The minimum absolute atomic E-state index is 0.0518. The average Bonchev–Trinajstić information content (AvgIpc) is 3.33. The number of rotatable bonds is 8. The van der Waals surface area contributed by atoms with Crippen LogP contribution in [0.2, 0.25) is 0 Å². The lowest BCUT2D eigenvalue weighted by Crippen LogP contribution is -2.29. The Morgan fingerprint density at radius 2 is 1.97 bits per heavy atom. The van der Waals surface area contributed by atoms with E-state index >= 15 is 0 Å². The Kier molecular flexibility index (Phi) is 6.77. The molecule has 2 aromatic heterocycles. The largest absolute Gasteiger partial charge is 0.436 e. The highest BCUT2D eigenvalue weighted by Gasteiger charge is 2.42. The molecule has 2 heterocycles. The van der Waals surface area contributed by atoms with Crippen molar-refractivity contribution in [3.8, 4) is 0 Å². The summed E-state index contributed by atoms with van der Waals surface area (Å²) in [5.41, 5.74) is -0.435. The number of halogens is 4. The van der Waals surface area contributed by atoms with E-state index in [2.05, 4.69) is 36.8 Å². The van der Waals surface area contributed by atoms with Crippen LogP contribution < -0.4 is 10.6 Å². The van der Waals surface area contributed by atoms with E-state index in [9.17, 15) is 22.8 Å². The molecule has 0 atom stereocenters. The third kappa shape index (κ3) is 5.46. The van der Waals surface area contributed by atoms with Gasteiger partial charge in [0, 0.05) is 25.2 Å². The molecule has 0 spiro atoms. The highest BCUT2D eigenvalue weighted by atomic mass is 79.9. The normalized spacial score (nSPS) is 14.2. The fraction of sp³-hybridized carbons (Fsp3) is 0.579. The minimum atomic E-state index is -4.63. The van der Waals surface area contributed by atoms with Crippen LogP contribution in [0.1, 0.15) is 61.4 Å². The number of aryl methyl sites for hydroxylation is 1. The van der Waals surface area contributed by atoms with Gasteiger partial charge in [0.2, 0.25) is 5.91 Å². The number of carbonyl (C=O) groups excluding carboxylic acids is 2. The molecule has 1 aliphatic rings. The van der Waals surface area contributed by atoms with Gasteiger partial charge in [0.1, 0.15) is 6.54 Å². The van der Waals surface area contributed by atoms with Crippen molar-refractivity contribution in [2.45, 2.75) is 58.8 Å². The monoisotopic (exact) mass is 504 g/mol. The molecule has 1 aliphatic carbocycles. The highest BCUT2D eigenvalue weighted by molar-refractivity contribution is 9.10. The van der Waals surface area contributed by atoms with Crippen molar-refractivity contribution in [2.75, 3.05) is 11.9 Å². The Morgan fingerprint density at radius 1 is 1.29 bits per heavy atom. The lowest BCUT2D eigenvalue weighted by molar-refractivity contribution is -0.142. The Hall–Kier alpha value is -2.37. The van der Waals surface area contributed by atoms with Gasteiger partial charge in [0.05, 0.1) is 15.9 Å². The van der Waals surface area contributed by atoms with Crippen LogP contribution in [0.3, 0.4) is 0 Å². The quantitative estimate of drug-likeness (QED) is 0.571. The number of nitrogens with zero attached hydrogens (tertiary/aromatic N) is 4. The van der Waals surface area contributed by atoms with E-state index in [1.165, 1.54) is 10.9 Å². The van der Waals surface area contributed by atoms with Crippen LogP contribution in [0.15, 0.2) is 10.7 Å². The molecule has 0 bridgehead atoms. The molecule has 12 heteroatoms. The number of hydrogen-bond donors (Lipinski definition) is 2. The van der Waals surface area contributed by atoms with Crippen molar-refractivity contribution >= 4 is 33.4 Å². The second kappa shape index (κ2) is 9.01. The van der Waals surface area contributed by atoms with Crippen molar-refractivity contribution in [2.24, 2.45) is 5.92 Å². The molecule has 0 aliphatic heterocycles. The maximum atomic E-state index is 13.3. The molecular formula is C19H24BrF3N6O2. The van der Waals surface area contributed by atoms with Gasteiger partial charge in [-0.25, -0.2) is 0 Å². The minimum Gasteiger partial charge on any atom is -0.350 e. The number of carbonyl (C=O) groups is 2. The highest BCUT2D eigenvalue weighted by Crippen LogP contribution is 2.46. The Balaban J connectivity index is 1.80. The maximum Gasteiger partial charge on any atom is 0.436 e. The fourth-order valence-corrected chi connectivity index (χ4v) is 3.88. The summed E-state index contributed by atoms with van der Waals surface area (Å²) < 4.78 is 42.2. The zero-order chi connectivity index (χ0) is 22.9. The first-order chi connectivity index (χ1) is 14.5. The van der Waals surface area contributed by atoms with E-state index in [1.54, 1.807) is 0 Å². The lowest BCUT2D eigenvalue weighted by atomic mass is 10.2. The van der Waals surface area contributed by atoms with Crippen LogP contribution in [0, 0.1) is 5.92 Å². The molecular weight excluding hydrogens is 481 g/mol. The SMILES string of the molecule is CCn1cc(NC(=O)Cn2nc(C(F)(F)F)c(Br)c2C2CC2)c(C(=O)NCC(C)C)n1. The Labute approximate surface area is 185 Å². The smallest absolute Gasteiger partial charge is 0.350 e. The van der Waals surface area contributed by atoms with E-state index in [-0.39, 0.29) is 27.7 Å². The summed E-state index contributed by atoms with van der Waals surface area (Å²) in [5, 5.41) is 13.2. The van der Waals surface area contributed by atoms with E-state index < -0.39 is 30.2 Å². The van der Waals surface area contributed by atoms with Crippen molar-refractivity contribution in [1.29, 1.82) is 0 Å². The van der Waals surface area contributed by atoms with Gasteiger partial charge in [-0.15, -0.1) is 0 Å². The summed E-state index contributed by atoms with van der Waals surface area (Å²) >= 11 is 3.01. The number of aromatic nitrogens is 4. The summed E-state index contributed by atoms with van der Waals surface area (Å²) in [7, 11) is 0. The topological polar surface area (TPSA) is 93.8 Å². The van der Waals surface area contributed by atoms with Gasteiger partial charge in [0.25, 0.3) is 5.91 Å². The molecule has 0 aromatic carbocycles. The molecule has 170 valence electrons.